The fraction of sp³-hybridized carbons (Fsp3) is 0.583. The average Bonchev–Trinajstić information content (AvgIpc) is 2.92. The maximum atomic E-state index is 12.1. The molecule has 0 bridgehead atoms. The normalized spacial score (nSPS) is 16.4. The van der Waals surface area contributed by atoms with Crippen molar-refractivity contribution in [1.82, 2.24) is 14.9 Å². The van der Waals surface area contributed by atoms with Crippen LogP contribution in [0, 0.1) is 0 Å². The predicted octanol–water partition coefficient (Wildman–Crippen LogP) is 0.941. The molecule has 0 aliphatic carbocycles. The molecule has 2 heterocycles. The number of hydrogen-bond acceptors (Lipinski definition) is 5. The molecule has 2 rings (SSSR count). The van der Waals surface area contributed by atoms with Gasteiger partial charge in [-0.05, 0) is 19.8 Å². The molecule has 0 aromatic carbocycles. The second-order valence-electron chi connectivity index (χ2n) is 4.44. The number of carbonyl (C=O) groups is 1. The molecule has 1 aliphatic heterocycles. The molecule has 1 unspecified atom stereocenters. The third kappa shape index (κ3) is 2.88. The zero-order valence-electron chi connectivity index (χ0n) is 10.8. The molecule has 1 fully saturated rings. The highest BCUT2D eigenvalue weighted by Gasteiger charge is 2.23. The van der Waals surface area contributed by atoms with Crippen molar-refractivity contribution in [1.29, 1.82) is 0 Å². The number of nitrogens with one attached hydrogen (secondary N) is 2. The molecule has 2 N–H and O–H groups in total. The molecule has 6 nitrogen and oxygen atoms in total. The summed E-state index contributed by atoms with van der Waals surface area (Å²) in [6, 6.07) is 1.52. The molecule has 6 heteroatoms. The summed E-state index contributed by atoms with van der Waals surface area (Å²) in [5.74, 6) is 1.53. The van der Waals surface area contributed by atoms with Crippen LogP contribution in [0.5, 0.6) is 0 Å². The Kier molecular flexibility index (Phi) is 3.96. The Balaban J connectivity index is 1.97. The quantitative estimate of drug-likeness (QED) is 0.831. The van der Waals surface area contributed by atoms with Gasteiger partial charge in [-0.25, -0.2) is 9.97 Å². The SMILES string of the molecule is CNc1cc(NC(C)C(=O)N2CCCC2)ncn1. The first-order chi connectivity index (χ1) is 8.70. The zero-order chi connectivity index (χ0) is 13.0. The molecule has 18 heavy (non-hydrogen) atoms. The van der Waals surface area contributed by atoms with Gasteiger partial charge in [-0.1, -0.05) is 0 Å². The van der Waals surface area contributed by atoms with Crippen molar-refractivity contribution < 1.29 is 4.79 Å². The molecule has 0 saturated carbocycles. The summed E-state index contributed by atoms with van der Waals surface area (Å²) in [4.78, 5) is 22.1. The van der Waals surface area contributed by atoms with Crippen LogP contribution in [0.3, 0.4) is 0 Å². The summed E-state index contributed by atoms with van der Waals surface area (Å²) in [7, 11) is 1.80. The number of nitrogens with zero attached hydrogens (tertiary/aromatic N) is 3. The van der Waals surface area contributed by atoms with E-state index in [-0.39, 0.29) is 11.9 Å². The number of likely N-dealkylation sites (tertiary alicyclic amines) is 1. The average molecular weight is 249 g/mol. The van der Waals surface area contributed by atoms with Crippen LogP contribution in [-0.2, 0) is 4.79 Å². The molecular weight excluding hydrogens is 230 g/mol. The van der Waals surface area contributed by atoms with Gasteiger partial charge in [-0.3, -0.25) is 4.79 Å². The molecule has 1 aromatic rings. The largest absolute Gasteiger partial charge is 0.373 e. The molecule has 0 radical (unpaired) electrons. The van der Waals surface area contributed by atoms with Crippen LogP contribution in [0.25, 0.3) is 0 Å². The predicted molar refractivity (Wildman–Crippen MR) is 70.5 cm³/mol. The molecule has 1 aliphatic rings. The lowest BCUT2D eigenvalue weighted by Gasteiger charge is -2.21. The van der Waals surface area contributed by atoms with E-state index in [0.29, 0.717) is 5.82 Å². The van der Waals surface area contributed by atoms with E-state index in [4.69, 9.17) is 0 Å². The first-order valence-corrected chi connectivity index (χ1v) is 6.26. The second-order valence-corrected chi connectivity index (χ2v) is 4.44. The fourth-order valence-electron chi connectivity index (χ4n) is 2.07. The number of aromatic nitrogens is 2. The van der Waals surface area contributed by atoms with Gasteiger partial charge in [0, 0.05) is 26.2 Å². The summed E-state index contributed by atoms with van der Waals surface area (Å²) in [6.45, 7) is 3.61. The first-order valence-electron chi connectivity index (χ1n) is 6.26. The Morgan fingerprint density at radius 3 is 2.67 bits per heavy atom. The summed E-state index contributed by atoms with van der Waals surface area (Å²) >= 11 is 0. The molecule has 0 spiro atoms. The van der Waals surface area contributed by atoms with Crippen molar-refractivity contribution in [2.24, 2.45) is 0 Å². The van der Waals surface area contributed by atoms with E-state index >= 15 is 0 Å². The van der Waals surface area contributed by atoms with Gasteiger partial charge in [0.2, 0.25) is 5.91 Å². The van der Waals surface area contributed by atoms with Crippen LogP contribution in [-0.4, -0.2) is 47.0 Å². The van der Waals surface area contributed by atoms with Gasteiger partial charge in [-0.2, -0.15) is 0 Å². The standard InChI is InChI=1S/C12H19N5O/c1-9(12(18)17-5-3-4-6-17)16-11-7-10(13-2)14-8-15-11/h7-9H,3-6H2,1-2H3,(H2,13,14,15,16). The molecular formula is C12H19N5O. The lowest BCUT2D eigenvalue weighted by molar-refractivity contribution is -0.130. The molecule has 1 saturated heterocycles. The highest BCUT2D eigenvalue weighted by molar-refractivity contribution is 5.84. The summed E-state index contributed by atoms with van der Waals surface area (Å²) in [5.41, 5.74) is 0. The van der Waals surface area contributed by atoms with E-state index < -0.39 is 0 Å². The Morgan fingerprint density at radius 2 is 2.00 bits per heavy atom. The van der Waals surface area contributed by atoms with Crippen LogP contribution < -0.4 is 10.6 Å². The van der Waals surface area contributed by atoms with Crippen molar-refractivity contribution >= 4 is 17.5 Å². The Bertz CT molecular complexity index is 417. The van der Waals surface area contributed by atoms with E-state index in [1.807, 2.05) is 11.8 Å². The number of rotatable bonds is 4. The van der Waals surface area contributed by atoms with Gasteiger partial charge < -0.3 is 15.5 Å². The van der Waals surface area contributed by atoms with E-state index in [2.05, 4.69) is 20.6 Å². The minimum absolute atomic E-state index is 0.136. The van der Waals surface area contributed by atoms with Crippen molar-refractivity contribution in [2.75, 3.05) is 30.8 Å². The molecule has 1 amide bonds. The number of hydrogen-bond donors (Lipinski definition) is 2. The zero-order valence-corrected chi connectivity index (χ0v) is 10.8. The number of anilines is 2. The van der Waals surface area contributed by atoms with Gasteiger partial charge in [-0.15, -0.1) is 0 Å². The fourth-order valence-corrected chi connectivity index (χ4v) is 2.07. The van der Waals surface area contributed by atoms with Gasteiger partial charge >= 0.3 is 0 Å². The summed E-state index contributed by atoms with van der Waals surface area (Å²) < 4.78 is 0. The van der Waals surface area contributed by atoms with Crippen LogP contribution >= 0.6 is 0 Å². The smallest absolute Gasteiger partial charge is 0.244 e. The van der Waals surface area contributed by atoms with E-state index in [9.17, 15) is 4.79 Å². The summed E-state index contributed by atoms with van der Waals surface area (Å²) in [5, 5.41) is 6.05. The van der Waals surface area contributed by atoms with Crippen molar-refractivity contribution in [2.45, 2.75) is 25.8 Å². The Labute approximate surface area is 107 Å². The van der Waals surface area contributed by atoms with Crippen LogP contribution in [0.2, 0.25) is 0 Å². The molecule has 1 atom stereocenters. The molecule has 98 valence electrons. The Morgan fingerprint density at radius 1 is 1.33 bits per heavy atom. The minimum Gasteiger partial charge on any atom is -0.373 e. The third-order valence-corrected chi connectivity index (χ3v) is 3.08. The highest BCUT2D eigenvalue weighted by atomic mass is 16.2. The Hall–Kier alpha value is -1.85. The maximum Gasteiger partial charge on any atom is 0.244 e. The number of carbonyl (C=O) groups excluding carboxylic acids is 1. The lowest BCUT2D eigenvalue weighted by Crippen LogP contribution is -2.39. The number of amides is 1. The highest BCUT2D eigenvalue weighted by Crippen LogP contribution is 2.13. The topological polar surface area (TPSA) is 70.2 Å². The third-order valence-electron chi connectivity index (χ3n) is 3.08. The van der Waals surface area contributed by atoms with Crippen LogP contribution in [0.4, 0.5) is 11.6 Å². The first kappa shape index (κ1) is 12.6. The van der Waals surface area contributed by atoms with Gasteiger partial charge in [0.25, 0.3) is 0 Å². The maximum absolute atomic E-state index is 12.1. The summed E-state index contributed by atoms with van der Waals surface area (Å²) in [6.07, 6.45) is 3.69. The lowest BCUT2D eigenvalue weighted by atomic mass is 10.3. The van der Waals surface area contributed by atoms with E-state index in [1.165, 1.54) is 6.33 Å². The van der Waals surface area contributed by atoms with E-state index in [0.717, 1.165) is 31.7 Å². The van der Waals surface area contributed by atoms with Crippen LogP contribution in [0.15, 0.2) is 12.4 Å². The molecule has 1 aromatic heterocycles. The van der Waals surface area contributed by atoms with Crippen molar-refractivity contribution in [3.05, 3.63) is 12.4 Å². The minimum atomic E-state index is -0.261. The van der Waals surface area contributed by atoms with Crippen LogP contribution in [0.1, 0.15) is 19.8 Å². The van der Waals surface area contributed by atoms with Gasteiger partial charge in [0.1, 0.15) is 24.0 Å². The van der Waals surface area contributed by atoms with Gasteiger partial charge in [0.05, 0.1) is 0 Å². The van der Waals surface area contributed by atoms with E-state index in [1.54, 1.807) is 13.1 Å². The monoisotopic (exact) mass is 249 g/mol. The van der Waals surface area contributed by atoms with Crippen molar-refractivity contribution in [3.63, 3.8) is 0 Å². The second kappa shape index (κ2) is 5.66. The van der Waals surface area contributed by atoms with Crippen molar-refractivity contribution in [3.8, 4) is 0 Å². The van der Waals surface area contributed by atoms with Gasteiger partial charge in [0.15, 0.2) is 0 Å².